The van der Waals surface area contributed by atoms with E-state index in [-0.39, 0.29) is 60.9 Å². The molecule has 0 saturated carbocycles. The average Bonchev–Trinajstić information content (AvgIpc) is 2.60. The number of carbonyl (C=O) groups is 3. The molecule has 2 aromatic carbocycles. The number of carbonyl (C=O) groups excluding carboxylic acids is 1. The van der Waals surface area contributed by atoms with Gasteiger partial charge in [-0.25, -0.2) is 4.79 Å². The summed E-state index contributed by atoms with van der Waals surface area (Å²) in [6.07, 6.45) is -0.164. The van der Waals surface area contributed by atoms with E-state index in [0.29, 0.717) is 11.3 Å². The molecule has 0 aliphatic carbocycles. The van der Waals surface area contributed by atoms with E-state index in [1.165, 1.54) is 42.5 Å². The fourth-order valence-corrected chi connectivity index (χ4v) is 1.94. The summed E-state index contributed by atoms with van der Waals surface area (Å²) >= 11 is 0. The second-order valence-electron chi connectivity index (χ2n) is 5.15. The molecule has 0 aliphatic heterocycles. The van der Waals surface area contributed by atoms with Crippen LogP contribution in [0.2, 0.25) is 0 Å². The van der Waals surface area contributed by atoms with Gasteiger partial charge in [0.2, 0.25) is 0 Å². The number of aromatic hydroxyl groups is 1. The Hall–Kier alpha value is -2.75. The monoisotopic (exact) mass is 381 g/mol. The van der Waals surface area contributed by atoms with Crippen LogP contribution in [0.1, 0.15) is 28.6 Å². The van der Waals surface area contributed by atoms with Crippen LogP contribution >= 0.6 is 0 Å². The third-order valence-corrected chi connectivity index (χ3v) is 3.25. The summed E-state index contributed by atoms with van der Waals surface area (Å²) in [5, 5.41) is 37.2. The van der Waals surface area contributed by atoms with Crippen LogP contribution in [0.4, 0.5) is 11.4 Å². The van der Waals surface area contributed by atoms with Crippen molar-refractivity contribution in [2.24, 2.45) is 10.2 Å². The van der Waals surface area contributed by atoms with Crippen molar-refractivity contribution < 1.29 is 60.7 Å². The Labute approximate surface area is 177 Å². The standard InChI is InChI=1S/C17H15N3O6.Na.H/c21-14-6-5-12(9-13(14)17(25)26)20-19-11-3-1-10(2-4-11)16(24)18-8-7-15(22)23;;/h1-6,9,21H,7-8H2,(H,18,24)(H,22,23)(H,25,26);;/q;+1;-1. The van der Waals surface area contributed by atoms with Gasteiger partial charge in [-0.2, -0.15) is 10.2 Å². The van der Waals surface area contributed by atoms with Gasteiger partial charge in [-0.05, 0) is 42.5 Å². The molecule has 10 heteroatoms. The molecule has 4 N–H and O–H groups in total. The van der Waals surface area contributed by atoms with Crippen molar-refractivity contribution in [3.05, 3.63) is 53.6 Å². The van der Waals surface area contributed by atoms with Crippen LogP contribution in [-0.2, 0) is 4.79 Å². The number of azo groups is 1. The summed E-state index contributed by atoms with van der Waals surface area (Å²) in [6.45, 7) is 0.0301. The Morgan fingerprint density at radius 2 is 1.56 bits per heavy atom. The second-order valence-corrected chi connectivity index (χ2v) is 5.15. The first-order valence-corrected chi connectivity index (χ1v) is 7.45. The van der Waals surface area contributed by atoms with E-state index in [9.17, 15) is 19.5 Å². The molecule has 0 aliphatic rings. The molecule has 0 radical (unpaired) electrons. The van der Waals surface area contributed by atoms with Gasteiger partial charge in [0.05, 0.1) is 17.8 Å². The normalized spacial score (nSPS) is 10.2. The van der Waals surface area contributed by atoms with E-state index >= 15 is 0 Å². The van der Waals surface area contributed by atoms with Crippen molar-refractivity contribution in [3.8, 4) is 5.75 Å². The summed E-state index contributed by atoms with van der Waals surface area (Å²) in [5.74, 6) is -3.05. The number of amides is 1. The van der Waals surface area contributed by atoms with Crippen LogP contribution < -0.4 is 34.9 Å². The smallest absolute Gasteiger partial charge is 1.00 e. The van der Waals surface area contributed by atoms with E-state index in [1.807, 2.05) is 0 Å². The summed E-state index contributed by atoms with van der Waals surface area (Å²) in [5.41, 5.74) is 0.731. The maximum atomic E-state index is 11.8. The van der Waals surface area contributed by atoms with E-state index < -0.39 is 17.8 Å². The summed E-state index contributed by atoms with van der Waals surface area (Å²) in [6, 6.07) is 9.89. The molecule has 0 heterocycles. The first-order valence-electron chi connectivity index (χ1n) is 7.45. The van der Waals surface area contributed by atoms with Crippen LogP contribution in [0.25, 0.3) is 0 Å². The number of hydrogen-bond acceptors (Lipinski definition) is 6. The van der Waals surface area contributed by atoms with Crippen molar-refractivity contribution in [2.45, 2.75) is 6.42 Å². The zero-order valence-corrected chi connectivity index (χ0v) is 16.4. The van der Waals surface area contributed by atoms with Gasteiger partial charge in [0.25, 0.3) is 5.91 Å². The summed E-state index contributed by atoms with van der Waals surface area (Å²) in [7, 11) is 0. The summed E-state index contributed by atoms with van der Waals surface area (Å²) < 4.78 is 0. The molecule has 0 spiro atoms. The SMILES string of the molecule is O=C(O)CCNC(=O)c1ccc(N=Nc2ccc(O)c(C(=O)O)c2)cc1.[H-].[Na+]. The molecular formula is C17H16N3NaO6. The third kappa shape index (κ3) is 6.81. The number of aromatic carboxylic acids is 1. The van der Waals surface area contributed by atoms with Crippen molar-refractivity contribution in [1.82, 2.24) is 5.32 Å². The molecule has 0 bridgehead atoms. The fourth-order valence-electron chi connectivity index (χ4n) is 1.94. The zero-order valence-electron chi connectivity index (χ0n) is 15.4. The van der Waals surface area contributed by atoms with Gasteiger partial charge in [-0.1, -0.05) is 0 Å². The minimum absolute atomic E-state index is 0. The van der Waals surface area contributed by atoms with Gasteiger partial charge >= 0.3 is 41.5 Å². The Balaban J connectivity index is 0.00000364. The van der Waals surface area contributed by atoms with Crippen LogP contribution in [0, 0.1) is 0 Å². The number of nitrogens with one attached hydrogen (secondary N) is 1. The van der Waals surface area contributed by atoms with E-state index in [1.54, 1.807) is 0 Å². The molecule has 0 unspecified atom stereocenters. The van der Waals surface area contributed by atoms with Crippen LogP contribution in [0.15, 0.2) is 52.7 Å². The van der Waals surface area contributed by atoms with Crippen molar-refractivity contribution in [3.63, 3.8) is 0 Å². The topological polar surface area (TPSA) is 149 Å². The maximum Gasteiger partial charge on any atom is 1.00 e. The van der Waals surface area contributed by atoms with Gasteiger partial charge < -0.3 is 22.1 Å². The van der Waals surface area contributed by atoms with E-state index in [4.69, 9.17) is 10.2 Å². The molecule has 9 nitrogen and oxygen atoms in total. The Morgan fingerprint density at radius 1 is 0.963 bits per heavy atom. The van der Waals surface area contributed by atoms with Crippen LogP contribution in [0.3, 0.4) is 0 Å². The number of rotatable bonds is 7. The van der Waals surface area contributed by atoms with Gasteiger partial charge in [0.15, 0.2) is 0 Å². The predicted octanol–water partition coefficient (Wildman–Crippen LogP) is -0.173. The Kier molecular flexibility index (Phi) is 8.60. The fraction of sp³-hybridized carbons (Fsp3) is 0.118. The number of aliphatic carboxylic acids is 1. The molecule has 27 heavy (non-hydrogen) atoms. The first-order chi connectivity index (χ1) is 12.4. The predicted molar refractivity (Wildman–Crippen MR) is 91.4 cm³/mol. The van der Waals surface area contributed by atoms with Crippen LogP contribution in [-0.4, -0.2) is 39.7 Å². The molecule has 136 valence electrons. The number of carboxylic acid groups (broad SMARTS) is 2. The molecule has 0 fully saturated rings. The quantitative estimate of drug-likeness (QED) is 0.386. The molecular weight excluding hydrogens is 365 g/mol. The first kappa shape index (κ1) is 22.3. The van der Waals surface area contributed by atoms with E-state index in [2.05, 4.69) is 15.5 Å². The van der Waals surface area contributed by atoms with Gasteiger partial charge in [0.1, 0.15) is 11.3 Å². The minimum Gasteiger partial charge on any atom is -1.00 e. The van der Waals surface area contributed by atoms with Gasteiger partial charge in [0, 0.05) is 12.1 Å². The Morgan fingerprint density at radius 3 is 2.15 bits per heavy atom. The minimum atomic E-state index is -1.28. The molecule has 0 aromatic heterocycles. The molecule has 1 amide bonds. The van der Waals surface area contributed by atoms with Crippen LogP contribution in [0.5, 0.6) is 5.75 Å². The number of nitrogens with zero attached hydrogens (tertiary/aromatic N) is 2. The Bertz CT molecular complexity index is 874. The molecule has 0 atom stereocenters. The number of carboxylic acids is 2. The second kappa shape index (κ2) is 10.4. The van der Waals surface area contributed by atoms with Gasteiger partial charge in [-0.15, -0.1) is 0 Å². The zero-order chi connectivity index (χ0) is 19.1. The number of hydrogen-bond donors (Lipinski definition) is 4. The van der Waals surface area contributed by atoms with Crippen molar-refractivity contribution in [2.75, 3.05) is 6.54 Å². The third-order valence-electron chi connectivity index (χ3n) is 3.25. The molecule has 2 aromatic rings. The molecule has 2 rings (SSSR count). The molecule has 0 saturated heterocycles. The maximum absolute atomic E-state index is 11.8. The largest absolute Gasteiger partial charge is 1.00 e. The summed E-state index contributed by atoms with van der Waals surface area (Å²) in [4.78, 5) is 33.2. The van der Waals surface area contributed by atoms with Crippen molar-refractivity contribution in [1.29, 1.82) is 0 Å². The number of benzene rings is 2. The number of phenols is 1. The van der Waals surface area contributed by atoms with Crippen molar-refractivity contribution >= 4 is 29.2 Å². The van der Waals surface area contributed by atoms with Gasteiger partial charge in [-0.3, -0.25) is 9.59 Å². The average molecular weight is 381 g/mol. The van der Waals surface area contributed by atoms with E-state index in [0.717, 1.165) is 0 Å².